The van der Waals surface area contributed by atoms with Crippen LogP contribution in [0.3, 0.4) is 0 Å². The van der Waals surface area contributed by atoms with E-state index in [1.165, 1.54) is 18.0 Å². The second-order valence-electron chi connectivity index (χ2n) is 7.98. The van der Waals surface area contributed by atoms with Crippen LogP contribution in [0.15, 0.2) is 24.4 Å². The topological polar surface area (TPSA) is 102 Å². The Labute approximate surface area is 173 Å². The molecule has 162 valence electrons. The third kappa shape index (κ3) is 3.72. The van der Waals surface area contributed by atoms with Gasteiger partial charge in [-0.3, -0.25) is 9.69 Å². The minimum absolute atomic E-state index is 0.0744. The molecular weight excluding hydrogens is 416 g/mol. The molecule has 3 atom stereocenters. The van der Waals surface area contributed by atoms with Crippen molar-refractivity contribution in [2.24, 2.45) is 5.73 Å². The van der Waals surface area contributed by atoms with Gasteiger partial charge in [-0.1, -0.05) is 0 Å². The number of halogens is 2. The van der Waals surface area contributed by atoms with Gasteiger partial charge in [-0.2, -0.15) is 9.19 Å². The van der Waals surface area contributed by atoms with Crippen LogP contribution >= 0.6 is 0 Å². The number of carbonyl (C=O) groups excluding carboxylic acids is 1. The Morgan fingerprint density at radius 1 is 1.27 bits per heavy atom. The van der Waals surface area contributed by atoms with E-state index in [1.807, 2.05) is 0 Å². The van der Waals surface area contributed by atoms with E-state index in [1.54, 1.807) is 0 Å². The van der Waals surface area contributed by atoms with E-state index >= 15 is 0 Å². The van der Waals surface area contributed by atoms with Crippen molar-refractivity contribution in [2.75, 3.05) is 12.8 Å². The highest BCUT2D eigenvalue weighted by atomic mass is 32.2. The second kappa shape index (κ2) is 7.40. The lowest BCUT2D eigenvalue weighted by molar-refractivity contribution is -0.135. The summed E-state index contributed by atoms with van der Waals surface area (Å²) in [6.07, 6.45) is 3.06. The molecular formula is C19H23F2N5O3S. The lowest BCUT2D eigenvalue weighted by Gasteiger charge is -2.46. The van der Waals surface area contributed by atoms with E-state index < -0.39 is 33.7 Å². The van der Waals surface area contributed by atoms with Gasteiger partial charge in [0.25, 0.3) is 10.0 Å². The van der Waals surface area contributed by atoms with Gasteiger partial charge >= 0.3 is 0 Å². The largest absolute Gasteiger partial charge is 0.333 e. The fraction of sp³-hybridized carbons (Fsp3) is 0.474. The molecule has 30 heavy (non-hydrogen) atoms. The molecule has 0 spiro atoms. The quantitative estimate of drug-likeness (QED) is 0.765. The zero-order valence-electron chi connectivity index (χ0n) is 16.6. The van der Waals surface area contributed by atoms with Gasteiger partial charge < -0.3 is 10.6 Å². The number of piperidine rings is 1. The summed E-state index contributed by atoms with van der Waals surface area (Å²) in [4.78, 5) is 15.9. The first-order chi connectivity index (χ1) is 14.0. The fourth-order valence-electron chi connectivity index (χ4n) is 4.40. The van der Waals surface area contributed by atoms with Crippen LogP contribution in [-0.4, -0.2) is 58.2 Å². The number of hydrogen-bond acceptors (Lipinski definition) is 6. The van der Waals surface area contributed by atoms with Crippen molar-refractivity contribution in [3.05, 3.63) is 52.9 Å². The number of amides is 1. The molecule has 2 aromatic rings. The summed E-state index contributed by atoms with van der Waals surface area (Å²) in [6, 6.07) is 1.71. The lowest BCUT2D eigenvalue weighted by atomic mass is 9.87. The van der Waals surface area contributed by atoms with Crippen molar-refractivity contribution in [1.29, 1.82) is 0 Å². The molecule has 0 radical (unpaired) electrons. The monoisotopic (exact) mass is 439 g/mol. The summed E-state index contributed by atoms with van der Waals surface area (Å²) in [5, 5.41) is 4.15. The van der Waals surface area contributed by atoms with Crippen LogP contribution in [0.4, 0.5) is 8.78 Å². The van der Waals surface area contributed by atoms with Gasteiger partial charge in [0.1, 0.15) is 11.6 Å². The minimum Gasteiger partial charge on any atom is -0.333 e. The van der Waals surface area contributed by atoms with Crippen molar-refractivity contribution in [1.82, 2.24) is 19.0 Å². The standard InChI is InChI=1S/C19H23F2N5O3S/c1-11(27)25-9-14(6-17(22)19(25)15-5-13(20)3-4-16(15)21)24-7-12-8-26(30(2,28)29)23-18(12)10-24/h3-5,8,14,17,19H,6-7,9-10,22H2,1-2H3/t14-,17+,19?/m1/s1. The highest BCUT2D eigenvalue weighted by Crippen LogP contribution is 2.36. The zero-order chi connectivity index (χ0) is 21.8. The Kier molecular flexibility index (Phi) is 5.15. The molecule has 1 aromatic heterocycles. The van der Waals surface area contributed by atoms with Crippen LogP contribution in [0, 0.1) is 11.6 Å². The van der Waals surface area contributed by atoms with Crippen LogP contribution in [0.2, 0.25) is 0 Å². The molecule has 1 amide bonds. The number of nitrogens with zero attached hydrogens (tertiary/aromatic N) is 4. The Balaban J connectivity index is 1.56. The van der Waals surface area contributed by atoms with Crippen molar-refractivity contribution < 1.29 is 22.0 Å². The van der Waals surface area contributed by atoms with Gasteiger partial charge in [-0.05, 0) is 24.6 Å². The smallest absolute Gasteiger partial charge is 0.250 e. The number of aromatic nitrogens is 2. The van der Waals surface area contributed by atoms with Crippen molar-refractivity contribution >= 4 is 15.9 Å². The molecule has 3 heterocycles. The first-order valence-corrected chi connectivity index (χ1v) is 11.4. The summed E-state index contributed by atoms with van der Waals surface area (Å²) >= 11 is 0. The maximum atomic E-state index is 14.4. The van der Waals surface area contributed by atoms with Gasteiger partial charge in [-0.25, -0.2) is 17.2 Å². The Bertz CT molecular complexity index is 1080. The van der Waals surface area contributed by atoms with Gasteiger partial charge in [0.15, 0.2) is 0 Å². The second-order valence-corrected chi connectivity index (χ2v) is 9.82. The van der Waals surface area contributed by atoms with Crippen molar-refractivity contribution in [3.8, 4) is 0 Å². The van der Waals surface area contributed by atoms with E-state index in [2.05, 4.69) is 10.00 Å². The van der Waals surface area contributed by atoms with E-state index in [0.29, 0.717) is 31.7 Å². The molecule has 2 N–H and O–H groups in total. The predicted octanol–water partition coefficient (Wildman–Crippen LogP) is 0.974. The molecule has 8 nitrogen and oxygen atoms in total. The Morgan fingerprint density at radius 3 is 2.63 bits per heavy atom. The first kappa shape index (κ1) is 20.9. The molecule has 1 fully saturated rings. The lowest BCUT2D eigenvalue weighted by Crippen LogP contribution is -2.57. The molecule has 0 aliphatic carbocycles. The number of carbonyl (C=O) groups is 1. The number of hydrogen-bond donors (Lipinski definition) is 1. The summed E-state index contributed by atoms with van der Waals surface area (Å²) in [7, 11) is -3.45. The van der Waals surface area contributed by atoms with Crippen LogP contribution in [0.5, 0.6) is 0 Å². The van der Waals surface area contributed by atoms with Crippen molar-refractivity contribution in [2.45, 2.75) is 44.6 Å². The number of fused-ring (bicyclic) bond motifs is 1. The minimum atomic E-state index is -3.45. The van der Waals surface area contributed by atoms with Crippen LogP contribution < -0.4 is 5.73 Å². The van der Waals surface area contributed by atoms with Gasteiger partial charge in [0.05, 0.1) is 18.0 Å². The molecule has 2 aliphatic rings. The maximum Gasteiger partial charge on any atom is 0.250 e. The first-order valence-electron chi connectivity index (χ1n) is 9.54. The zero-order valence-corrected chi connectivity index (χ0v) is 17.4. The van der Waals surface area contributed by atoms with Crippen LogP contribution in [0.25, 0.3) is 0 Å². The molecule has 1 unspecified atom stereocenters. The summed E-state index contributed by atoms with van der Waals surface area (Å²) < 4.78 is 52.5. The number of likely N-dealkylation sites (tertiary alicyclic amines) is 1. The van der Waals surface area contributed by atoms with E-state index in [0.717, 1.165) is 34.1 Å². The van der Waals surface area contributed by atoms with Crippen LogP contribution in [-0.2, 0) is 27.9 Å². The molecule has 1 saturated heterocycles. The molecule has 0 bridgehead atoms. The summed E-state index contributed by atoms with van der Waals surface area (Å²) in [5.74, 6) is -1.46. The average molecular weight is 439 g/mol. The fourth-order valence-corrected chi connectivity index (χ4v) is 4.96. The maximum absolute atomic E-state index is 14.4. The number of nitrogens with two attached hydrogens (primary N) is 1. The predicted molar refractivity (Wildman–Crippen MR) is 105 cm³/mol. The SMILES string of the molecule is CC(=O)N1C[C@H](N2Cc3cn(S(C)(=O)=O)nc3C2)C[C@H](N)C1c1cc(F)ccc1F. The van der Waals surface area contributed by atoms with E-state index in [4.69, 9.17) is 5.73 Å². The van der Waals surface area contributed by atoms with E-state index in [-0.39, 0.29) is 17.5 Å². The van der Waals surface area contributed by atoms with Gasteiger partial charge in [0.2, 0.25) is 5.91 Å². The highest BCUT2D eigenvalue weighted by Gasteiger charge is 2.41. The summed E-state index contributed by atoms with van der Waals surface area (Å²) in [5.41, 5.74) is 7.92. The molecule has 2 aliphatic heterocycles. The van der Waals surface area contributed by atoms with Crippen LogP contribution in [0.1, 0.15) is 36.2 Å². The molecule has 4 rings (SSSR count). The molecule has 11 heteroatoms. The van der Waals surface area contributed by atoms with Gasteiger partial charge in [-0.15, -0.1) is 0 Å². The molecule has 1 aromatic carbocycles. The van der Waals surface area contributed by atoms with Crippen molar-refractivity contribution in [3.63, 3.8) is 0 Å². The number of benzene rings is 1. The Hall–Kier alpha value is -2.37. The highest BCUT2D eigenvalue weighted by molar-refractivity contribution is 7.89. The third-order valence-electron chi connectivity index (χ3n) is 5.81. The Morgan fingerprint density at radius 2 is 2.00 bits per heavy atom. The molecule has 0 saturated carbocycles. The van der Waals surface area contributed by atoms with E-state index in [9.17, 15) is 22.0 Å². The summed E-state index contributed by atoms with van der Waals surface area (Å²) in [6.45, 7) is 2.60. The number of rotatable bonds is 3. The average Bonchev–Trinajstić information content (AvgIpc) is 3.22. The third-order valence-corrected chi connectivity index (χ3v) is 6.68. The normalized spacial score (nSPS) is 24.8. The van der Waals surface area contributed by atoms with Gasteiger partial charge in [0, 0.05) is 56.0 Å².